The van der Waals surface area contributed by atoms with Gasteiger partial charge >= 0.3 is 5.97 Å². The minimum atomic E-state index is -1.05. The van der Waals surface area contributed by atoms with Crippen LogP contribution in [0.4, 0.5) is 11.4 Å². The number of rotatable bonds is 5. The number of hydrazone groups is 1. The van der Waals surface area contributed by atoms with E-state index in [0.29, 0.717) is 22.5 Å². The lowest BCUT2D eigenvalue weighted by Gasteiger charge is -2.11. The van der Waals surface area contributed by atoms with Crippen LogP contribution in [0.1, 0.15) is 33.3 Å². The van der Waals surface area contributed by atoms with Gasteiger partial charge in [0.2, 0.25) is 0 Å². The largest absolute Gasteiger partial charge is 0.478 e. The van der Waals surface area contributed by atoms with Gasteiger partial charge in [0.1, 0.15) is 0 Å². The number of carbonyl (C=O) groups is 2. The van der Waals surface area contributed by atoms with E-state index in [2.05, 4.69) is 5.10 Å². The Hall–Kier alpha value is -4.11. The molecule has 4 rings (SSSR count). The van der Waals surface area contributed by atoms with Gasteiger partial charge < -0.3 is 5.11 Å². The summed E-state index contributed by atoms with van der Waals surface area (Å²) in [5.74, 6) is -1.38. The molecule has 0 spiro atoms. The number of carboxylic acids is 1. The number of carboxylic acid groups (broad SMARTS) is 1. The fourth-order valence-electron chi connectivity index (χ4n) is 3.47. The average molecular weight is 461 g/mol. The summed E-state index contributed by atoms with van der Waals surface area (Å²) in [7, 11) is 0. The second kappa shape index (κ2) is 8.44. The van der Waals surface area contributed by atoms with Gasteiger partial charge in [-0.1, -0.05) is 0 Å². The lowest BCUT2D eigenvalue weighted by molar-refractivity contribution is -0.384. The van der Waals surface area contributed by atoms with Gasteiger partial charge in [0.25, 0.3) is 11.6 Å². The minimum Gasteiger partial charge on any atom is -0.478 e. The third-order valence-corrected chi connectivity index (χ3v) is 6.47. The van der Waals surface area contributed by atoms with E-state index in [-0.39, 0.29) is 22.1 Å². The number of nitro groups is 1. The second-order valence-corrected chi connectivity index (χ2v) is 8.74. The summed E-state index contributed by atoms with van der Waals surface area (Å²) < 4.78 is 0. The van der Waals surface area contributed by atoms with Gasteiger partial charge in [-0.05, 0) is 80.4 Å². The van der Waals surface area contributed by atoms with Crippen molar-refractivity contribution in [3.63, 3.8) is 0 Å². The van der Waals surface area contributed by atoms with Crippen molar-refractivity contribution < 1.29 is 19.6 Å². The lowest BCUT2D eigenvalue weighted by Crippen LogP contribution is -2.21. The number of hydrogen-bond acceptors (Lipinski definition) is 6. The zero-order valence-electron chi connectivity index (χ0n) is 18.0. The Morgan fingerprint density at radius 2 is 1.76 bits per heavy atom. The number of nitro benzene ring substituents is 1. The van der Waals surface area contributed by atoms with Gasteiger partial charge in [-0.2, -0.15) is 10.1 Å². The average Bonchev–Trinajstić information content (AvgIpc) is 3.35. The molecule has 0 atom stereocenters. The summed E-state index contributed by atoms with van der Waals surface area (Å²) >= 11 is 1.35. The maximum atomic E-state index is 13.0. The number of thiophene rings is 1. The highest BCUT2D eigenvalue weighted by atomic mass is 32.1. The highest BCUT2D eigenvalue weighted by Gasteiger charge is 2.29. The zero-order valence-corrected chi connectivity index (χ0v) is 18.8. The van der Waals surface area contributed by atoms with Crippen molar-refractivity contribution in [1.82, 2.24) is 0 Å². The standard InChI is InChI=1S/C24H19N3O5S/c1-13-10-20(21(27(31)32)11-14(13)2)22-9-8-18(33-22)12-19-15(3)25-26(23(19)28)17-6-4-16(5-7-17)24(29)30/h4-12H,1-3H3,(H,29,30)/b19-12-. The van der Waals surface area contributed by atoms with E-state index < -0.39 is 5.97 Å². The summed E-state index contributed by atoms with van der Waals surface area (Å²) in [6.07, 6.45) is 1.72. The molecule has 2 heterocycles. The third-order valence-electron chi connectivity index (χ3n) is 5.41. The summed E-state index contributed by atoms with van der Waals surface area (Å²) in [4.78, 5) is 36.7. The van der Waals surface area contributed by atoms with E-state index in [1.54, 1.807) is 19.1 Å². The molecule has 2 aromatic carbocycles. The first kappa shape index (κ1) is 22.1. The van der Waals surface area contributed by atoms with Gasteiger partial charge in [-0.15, -0.1) is 11.3 Å². The quantitative estimate of drug-likeness (QED) is 0.309. The Labute approximate surface area is 193 Å². The van der Waals surface area contributed by atoms with Crippen molar-refractivity contribution in [3.05, 3.63) is 85.8 Å². The molecule has 0 unspecified atom stereocenters. The maximum absolute atomic E-state index is 13.0. The number of benzene rings is 2. The number of nitrogens with zero attached hydrogens (tertiary/aromatic N) is 3. The van der Waals surface area contributed by atoms with Crippen LogP contribution in [-0.2, 0) is 4.79 Å². The van der Waals surface area contributed by atoms with Crippen molar-refractivity contribution in [2.24, 2.45) is 5.10 Å². The molecule has 0 bridgehead atoms. The first-order valence-corrected chi connectivity index (χ1v) is 10.8. The molecule has 9 heteroatoms. The van der Waals surface area contributed by atoms with Crippen molar-refractivity contribution >= 4 is 46.4 Å². The van der Waals surface area contributed by atoms with Gasteiger partial charge in [-0.25, -0.2) is 4.79 Å². The Kier molecular flexibility index (Phi) is 5.65. The zero-order chi connectivity index (χ0) is 23.9. The molecule has 0 aliphatic carbocycles. The fraction of sp³-hybridized carbons (Fsp3) is 0.125. The lowest BCUT2D eigenvalue weighted by atomic mass is 10.0. The van der Waals surface area contributed by atoms with E-state index >= 15 is 0 Å². The van der Waals surface area contributed by atoms with Crippen LogP contribution < -0.4 is 5.01 Å². The van der Waals surface area contributed by atoms with E-state index in [4.69, 9.17) is 5.11 Å². The third kappa shape index (κ3) is 4.18. The molecule has 0 fully saturated rings. The topological polar surface area (TPSA) is 113 Å². The predicted octanol–water partition coefficient (Wildman–Crippen LogP) is 5.44. The van der Waals surface area contributed by atoms with E-state index in [1.165, 1.54) is 40.6 Å². The molecule has 0 radical (unpaired) electrons. The van der Waals surface area contributed by atoms with Crippen molar-refractivity contribution in [1.29, 1.82) is 0 Å². The van der Waals surface area contributed by atoms with Crippen LogP contribution >= 0.6 is 11.3 Å². The van der Waals surface area contributed by atoms with Crippen molar-refractivity contribution in [2.45, 2.75) is 20.8 Å². The first-order chi connectivity index (χ1) is 15.7. The highest BCUT2D eigenvalue weighted by molar-refractivity contribution is 7.16. The number of aromatic carboxylic acids is 1. The van der Waals surface area contributed by atoms with Crippen molar-refractivity contribution in [2.75, 3.05) is 5.01 Å². The van der Waals surface area contributed by atoms with Gasteiger partial charge in [-0.3, -0.25) is 14.9 Å². The number of hydrogen-bond donors (Lipinski definition) is 1. The number of carbonyl (C=O) groups excluding carboxylic acids is 1. The van der Waals surface area contributed by atoms with Crippen LogP contribution in [-0.4, -0.2) is 27.6 Å². The molecule has 1 amide bonds. The molecule has 3 aromatic rings. The monoisotopic (exact) mass is 461 g/mol. The van der Waals surface area contributed by atoms with E-state index in [1.807, 2.05) is 32.0 Å². The number of aryl methyl sites for hydroxylation is 2. The Balaban J connectivity index is 1.65. The van der Waals surface area contributed by atoms with Crippen molar-refractivity contribution in [3.8, 4) is 10.4 Å². The molecule has 33 heavy (non-hydrogen) atoms. The normalized spacial score (nSPS) is 14.6. The fourth-order valence-corrected chi connectivity index (χ4v) is 4.45. The maximum Gasteiger partial charge on any atom is 0.335 e. The predicted molar refractivity (Wildman–Crippen MR) is 128 cm³/mol. The van der Waals surface area contributed by atoms with Crippen LogP contribution in [0.15, 0.2) is 59.2 Å². The summed E-state index contributed by atoms with van der Waals surface area (Å²) in [5.41, 5.74) is 3.91. The molecule has 166 valence electrons. The van der Waals surface area contributed by atoms with Gasteiger partial charge in [0.05, 0.1) is 33.0 Å². The molecular formula is C24H19N3O5S. The Bertz CT molecular complexity index is 1370. The number of anilines is 1. The number of amides is 1. The van der Waals surface area contributed by atoms with Crippen LogP contribution in [0.25, 0.3) is 16.5 Å². The molecule has 1 aliphatic rings. The smallest absolute Gasteiger partial charge is 0.335 e. The van der Waals surface area contributed by atoms with Crippen LogP contribution in [0.2, 0.25) is 0 Å². The molecule has 0 saturated carbocycles. The molecule has 1 N–H and O–H groups in total. The summed E-state index contributed by atoms with van der Waals surface area (Å²) in [5, 5.41) is 26.2. The molecule has 0 saturated heterocycles. The molecule has 1 aliphatic heterocycles. The first-order valence-electron chi connectivity index (χ1n) is 9.96. The highest BCUT2D eigenvalue weighted by Crippen LogP contribution is 2.37. The SMILES string of the molecule is CC1=NN(c2ccc(C(=O)O)cc2)C(=O)/C1=C\c1ccc(-c2cc(C)c(C)cc2[N+](=O)[O-])s1. The van der Waals surface area contributed by atoms with Crippen LogP contribution in [0.3, 0.4) is 0 Å². The van der Waals surface area contributed by atoms with Gasteiger partial charge in [0.15, 0.2) is 0 Å². The molecule has 1 aromatic heterocycles. The minimum absolute atomic E-state index is 0.0461. The van der Waals surface area contributed by atoms with E-state index in [9.17, 15) is 19.7 Å². The Morgan fingerprint density at radius 3 is 2.39 bits per heavy atom. The van der Waals surface area contributed by atoms with Crippen LogP contribution in [0.5, 0.6) is 0 Å². The Morgan fingerprint density at radius 1 is 1.09 bits per heavy atom. The van der Waals surface area contributed by atoms with Crippen LogP contribution in [0, 0.1) is 24.0 Å². The van der Waals surface area contributed by atoms with E-state index in [0.717, 1.165) is 20.9 Å². The molecular weight excluding hydrogens is 442 g/mol. The summed E-state index contributed by atoms with van der Waals surface area (Å²) in [6.45, 7) is 5.47. The molecule has 8 nitrogen and oxygen atoms in total. The second-order valence-electron chi connectivity index (χ2n) is 7.63. The van der Waals surface area contributed by atoms with Gasteiger partial charge in [0, 0.05) is 15.8 Å². The summed E-state index contributed by atoms with van der Waals surface area (Å²) in [6, 6.07) is 12.9.